The van der Waals surface area contributed by atoms with Crippen LogP contribution in [0.2, 0.25) is 0 Å². The smallest absolute Gasteiger partial charge is 0.417 e. The van der Waals surface area contributed by atoms with E-state index in [9.17, 15) is 9.59 Å². The molecule has 1 N–H and O–H groups in total. The molecule has 3 aliphatic rings. The largest absolute Gasteiger partial charge is 0.449 e. The quantitative estimate of drug-likeness (QED) is 0.753. The highest BCUT2D eigenvalue weighted by Crippen LogP contribution is 2.43. The number of ether oxygens (including phenoxy) is 1. The second-order valence-corrected chi connectivity index (χ2v) is 8.04. The Morgan fingerprint density at radius 1 is 1.21 bits per heavy atom. The first-order chi connectivity index (χ1) is 13.6. The maximum absolute atomic E-state index is 12.6. The molecule has 1 aliphatic carbocycles. The molecule has 1 saturated carbocycles. The number of amides is 2. The van der Waals surface area contributed by atoms with Crippen molar-refractivity contribution in [3.63, 3.8) is 0 Å². The van der Waals surface area contributed by atoms with Gasteiger partial charge in [0.05, 0.1) is 6.61 Å². The molecule has 0 aromatic heterocycles. The summed E-state index contributed by atoms with van der Waals surface area (Å²) in [5.41, 5.74) is 1.42. The highest BCUT2D eigenvalue weighted by molar-refractivity contribution is 5.78. The lowest BCUT2D eigenvalue weighted by atomic mass is 9.67. The minimum atomic E-state index is -0.378. The number of carbonyl (C=O) groups is 2. The Hall–Kier alpha value is -2.24. The summed E-state index contributed by atoms with van der Waals surface area (Å²) in [7, 11) is 0. The monoisotopic (exact) mass is 387 g/mol. The van der Waals surface area contributed by atoms with Crippen LogP contribution < -0.4 is 5.32 Å². The summed E-state index contributed by atoms with van der Waals surface area (Å²) in [5.74, 6) is 0.324. The van der Waals surface area contributed by atoms with Crippen LogP contribution in [-0.4, -0.2) is 48.0 Å². The van der Waals surface area contributed by atoms with Crippen LogP contribution in [0.1, 0.15) is 52.4 Å². The van der Waals surface area contributed by atoms with Crippen LogP contribution in [0.25, 0.3) is 0 Å². The first kappa shape index (κ1) is 20.5. The molecule has 2 amide bonds. The van der Waals surface area contributed by atoms with Gasteiger partial charge < -0.3 is 15.0 Å². The zero-order chi connectivity index (χ0) is 20.0. The molecule has 1 saturated heterocycles. The molecule has 2 fully saturated rings. The first-order valence-electron chi connectivity index (χ1n) is 10.6. The first-order valence-corrected chi connectivity index (χ1v) is 10.6. The Balaban J connectivity index is 1.46. The van der Waals surface area contributed by atoms with Crippen LogP contribution in [0.4, 0.5) is 4.79 Å². The molecule has 28 heavy (non-hydrogen) atoms. The Labute approximate surface area is 168 Å². The van der Waals surface area contributed by atoms with E-state index in [-0.39, 0.29) is 17.9 Å². The Bertz CT molecular complexity index is 650. The second-order valence-electron chi connectivity index (χ2n) is 8.04. The molecule has 0 unspecified atom stereocenters. The highest BCUT2D eigenvalue weighted by atomic mass is 16.5. The number of allylic oxidation sites excluding steroid dienone is 3. The molecule has 6 nitrogen and oxygen atoms in total. The van der Waals surface area contributed by atoms with Crippen molar-refractivity contribution in [2.24, 2.45) is 11.3 Å². The fourth-order valence-electron chi connectivity index (χ4n) is 4.18. The van der Waals surface area contributed by atoms with E-state index >= 15 is 0 Å². The number of piperidine rings is 1. The van der Waals surface area contributed by atoms with Gasteiger partial charge in [-0.25, -0.2) is 4.79 Å². The fraction of sp³-hybridized carbons (Fsp3) is 0.636. The Kier molecular flexibility index (Phi) is 6.81. The van der Waals surface area contributed by atoms with Gasteiger partial charge in [-0.3, -0.25) is 9.69 Å². The van der Waals surface area contributed by atoms with Gasteiger partial charge in [-0.05, 0) is 62.7 Å². The summed E-state index contributed by atoms with van der Waals surface area (Å²) in [4.78, 5) is 28.2. The lowest BCUT2D eigenvalue weighted by Gasteiger charge is -2.42. The normalized spacial score (nSPS) is 21.6. The van der Waals surface area contributed by atoms with Gasteiger partial charge in [-0.2, -0.15) is 0 Å². The molecule has 2 aliphatic heterocycles. The van der Waals surface area contributed by atoms with E-state index in [0.29, 0.717) is 12.0 Å². The van der Waals surface area contributed by atoms with Gasteiger partial charge in [0.1, 0.15) is 0 Å². The predicted octanol–water partition coefficient (Wildman–Crippen LogP) is 3.78. The zero-order valence-corrected chi connectivity index (χ0v) is 17.2. The van der Waals surface area contributed by atoms with E-state index < -0.39 is 0 Å². The van der Waals surface area contributed by atoms with Crippen LogP contribution >= 0.6 is 0 Å². The van der Waals surface area contributed by atoms with Crippen LogP contribution in [0.3, 0.4) is 0 Å². The minimum Gasteiger partial charge on any atom is -0.449 e. The van der Waals surface area contributed by atoms with E-state index in [2.05, 4.69) is 17.1 Å². The maximum atomic E-state index is 12.6. The number of hydrogen-bond donors (Lipinski definition) is 1. The zero-order valence-electron chi connectivity index (χ0n) is 17.2. The number of nitrogens with one attached hydrogen (secondary N) is 1. The third kappa shape index (κ3) is 4.78. The Morgan fingerprint density at radius 2 is 1.96 bits per heavy atom. The average molecular weight is 388 g/mol. The molecule has 2 heterocycles. The third-order valence-corrected chi connectivity index (χ3v) is 6.43. The van der Waals surface area contributed by atoms with Crippen LogP contribution in [-0.2, 0) is 9.53 Å². The average Bonchev–Trinajstić information content (AvgIpc) is 2.94. The topological polar surface area (TPSA) is 61.9 Å². The summed E-state index contributed by atoms with van der Waals surface area (Å²) in [5, 5.41) is 3.23. The van der Waals surface area contributed by atoms with Gasteiger partial charge in [0, 0.05) is 43.6 Å². The summed E-state index contributed by atoms with van der Waals surface area (Å²) in [6.45, 7) is 6.91. The molecule has 6 heteroatoms. The van der Waals surface area contributed by atoms with E-state index in [0.717, 1.165) is 44.6 Å². The molecule has 0 aromatic carbocycles. The minimum absolute atomic E-state index is 0.104. The van der Waals surface area contributed by atoms with E-state index in [1.54, 1.807) is 19.3 Å². The summed E-state index contributed by atoms with van der Waals surface area (Å²) in [6, 6.07) is 0. The van der Waals surface area contributed by atoms with Gasteiger partial charge in [0.15, 0.2) is 0 Å². The second kappa shape index (κ2) is 9.30. The van der Waals surface area contributed by atoms with Crippen molar-refractivity contribution in [2.45, 2.75) is 52.4 Å². The van der Waals surface area contributed by atoms with E-state index in [4.69, 9.17) is 4.74 Å². The third-order valence-electron chi connectivity index (χ3n) is 6.43. The van der Waals surface area contributed by atoms with Crippen LogP contribution in [0, 0.1) is 11.3 Å². The number of hydrogen-bond acceptors (Lipinski definition) is 4. The van der Waals surface area contributed by atoms with Crippen LogP contribution in [0.15, 0.2) is 36.3 Å². The van der Waals surface area contributed by atoms with E-state index in [1.165, 1.54) is 24.2 Å². The standard InChI is InChI=1S/C22H33N3O3/c1-3-22(11-6-12-22)17-23-20(26)18-8-14-24(15-9-18)19-7-5-13-25(16-10-19)21(27)28-4-2/h5,7,10,13,16,18H,3-4,6,8-9,11-12,14-15,17H2,1-2H3,(H,23,26). The summed E-state index contributed by atoms with van der Waals surface area (Å²) in [6.07, 6.45) is 15.5. The lowest BCUT2D eigenvalue weighted by Crippen LogP contribution is -2.45. The van der Waals surface area contributed by atoms with E-state index in [1.807, 2.05) is 18.2 Å². The maximum Gasteiger partial charge on any atom is 0.417 e. The fourth-order valence-corrected chi connectivity index (χ4v) is 4.18. The number of nitrogens with zero attached hydrogens (tertiary/aromatic N) is 2. The SMILES string of the molecule is CCOC(=O)N1C=CC=C(N2CCC(C(=O)NCC3(CC)CCC3)CC2)C=C1. The predicted molar refractivity (Wildman–Crippen MR) is 109 cm³/mol. The van der Waals surface area contributed by atoms with Crippen molar-refractivity contribution in [3.8, 4) is 0 Å². The van der Waals surface area contributed by atoms with Gasteiger partial charge >= 0.3 is 6.09 Å². The van der Waals surface area contributed by atoms with Crippen molar-refractivity contribution in [1.82, 2.24) is 15.1 Å². The molecule has 0 atom stereocenters. The van der Waals surface area contributed by atoms with Crippen LogP contribution in [0.5, 0.6) is 0 Å². The number of carbonyl (C=O) groups excluding carboxylic acids is 2. The summed E-state index contributed by atoms with van der Waals surface area (Å²) < 4.78 is 5.03. The van der Waals surface area contributed by atoms with Crippen molar-refractivity contribution in [2.75, 3.05) is 26.2 Å². The molecule has 0 spiro atoms. The lowest BCUT2D eigenvalue weighted by molar-refractivity contribution is -0.127. The van der Waals surface area contributed by atoms with Gasteiger partial charge in [-0.1, -0.05) is 13.3 Å². The summed E-state index contributed by atoms with van der Waals surface area (Å²) >= 11 is 0. The van der Waals surface area contributed by atoms with Crippen molar-refractivity contribution in [3.05, 3.63) is 36.3 Å². The number of rotatable bonds is 6. The van der Waals surface area contributed by atoms with Crippen molar-refractivity contribution < 1.29 is 14.3 Å². The molecule has 0 bridgehead atoms. The van der Waals surface area contributed by atoms with Gasteiger partial charge in [0.2, 0.25) is 5.91 Å². The molecular formula is C22H33N3O3. The van der Waals surface area contributed by atoms with Crippen molar-refractivity contribution >= 4 is 12.0 Å². The molecule has 0 aromatic rings. The van der Waals surface area contributed by atoms with Gasteiger partial charge in [0.25, 0.3) is 0 Å². The molecule has 3 rings (SSSR count). The number of likely N-dealkylation sites (tertiary alicyclic amines) is 1. The van der Waals surface area contributed by atoms with Gasteiger partial charge in [-0.15, -0.1) is 0 Å². The Morgan fingerprint density at radius 3 is 2.57 bits per heavy atom. The molecule has 0 radical (unpaired) electrons. The molecular weight excluding hydrogens is 354 g/mol. The van der Waals surface area contributed by atoms with Crippen molar-refractivity contribution in [1.29, 1.82) is 0 Å². The highest BCUT2D eigenvalue weighted by Gasteiger charge is 2.36. The molecule has 154 valence electrons.